The second kappa shape index (κ2) is 3.05. The highest BCUT2D eigenvalue weighted by Gasteiger charge is 2.34. The number of fused-ring (bicyclic) bond motifs is 3. The second-order valence-corrected chi connectivity index (χ2v) is 3.95. The summed E-state index contributed by atoms with van der Waals surface area (Å²) in [5, 5.41) is 3.03. The molecule has 0 radical (unpaired) electrons. The molecular weight excluding hydrogens is 152 g/mol. The van der Waals surface area contributed by atoms with Crippen LogP contribution < -0.4 is 5.32 Å². The highest BCUT2D eigenvalue weighted by atomic mass is 16.1. The molecule has 0 saturated carbocycles. The van der Waals surface area contributed by atoms with E-state index in [9.17, 15) is 4.79 Å². The van der Waals surface area contributed by atoms with Crippen molar-refractivity contribution in [1.29, 1.82) is 0 Å². The van der Waals surface area contributed by atoms with Crippen LogP contribution in [0.25, 0.3) is 0 Å². The van der Waals surface area contributed by atoms with Gasteiger partial charge in [-0.15, -0.1) is 0 Å². The van der Waals surface area contributed by atoms with Gasteiger partial charge in [0.2, 0.25) is 5.91 Å². The number of rotatable bonds is 1. The van der Waals surface area contributed by atoms with Crippen molar-refractivity contribution in [3.05, 3.63) is 0 Å². The third-order valence-electron chi connectivity index (χ3n) is 3.04. The van der Waals surface area contributed by atoms with Gasteiger partial charge in [-0.2, -0.15) is 0 Å². The summed E-state index contributed by atoms with van der Waals surface area (Å²) in [6.07, 6.45) is 2.54. The van der Waals surface area contributed by atoms with Crippen LogP contribution in [0.5, 0.6) is 0 Å². The Bertz CT molecular complexity index is 185. The Morgan fingerprint density at radius 1 is 1.42 bits per heavy atom. The zero-order valence-electron chi connectivity index (χ0n) is 7.55. The molecule has 3 saturated heterocycles. The molecule has 2 bridgehead atoms. The molecule has 0 unspecified atom stereocenters. The van der Waals surface area contributed by atoms with Crippen LogP contribution >= 0.6 is 0 Å². The summed E-state index contributed by atoms with van der Waals surface area (Å²) in [7, 11) is 0. The van der Waals surface area contributed by atoms with Crippen LogP contribution in [-0.4, -0.2) is 36.5 Å². The molecule has 3 nitrogen and oxygen atoms in total. The van der Waals surface area contributed by atoms with Gasteiger partial charge in [-0.05, 0) is 31.8 Å². The van der Waals surface area contributed by atoms with Gasteiger partial charge in [0.1, 0.15) is 0 Å². The third kappa shape index (κ3) is 1.46. The fraction of sp³-hybridized carbons (Fsp3) is 0.889. The molecule has 3 rings (SSSR count). The van der Waals surface area contributed by atoms with Crippen LogP contribution in [0.1, 0.15) is 19.8 Å². The van der Waals surface area contributed by atoms with E-state index in [2.05, 4.69) is 10.2 Å². The molecule has 1 N–H and O–H groups in total. The van der Waals surface area contributed by atoms with Crippen LogP contribution in [0.3, 0.4) is 0 Å². The lowest BCUT2D eigenvalue weighted by molar-refractivity contribution is -0.121. The largest absolute Gasteiger partial charge is 0.352 e. The normalized spacial score (nSPS) is 39.6. The summed E-state index contributed by atoms with van der Waals surface area (Å²) in [5.74, 6) is 0.868. The topological polar surface area (TPSA) is 32.3 Å². The second-order valence-electron chi connectivity index (χ2n) is 3.95. The number of nitrogens with one attached hydrogen (secondary N) is 1. The third-order valence-corrected chi connectivity index (χ3v) is 3.04. The number of hydrogen-bond acceptors (Lipinski definition) is 2. The molecule has 0 aromatic heterocycles. The van der Waals surface area contributed by atoms with E-state index in [-0.39, 0.29) is 5.91 Å². The fourth-order valence-electron chi connectivity index (χ4n) is 2.39. The first-order valence-electron chi connectivity index (χ1n) is 4.75. The first kappa shape index (κ1) is 8.05. The molecule has 1 amide bonds. The van der Waals surface area contributed by atoms with Crippen molar-refractivity contribution in [3.63, 3.8) is 0 Å². The van der Waals surface area contributed by atoms with Gasteiger partial charge in [0.05, 0.1) is 0 Å². The van der Waals surface area contributed by atoms with Gasteiger partial charge in [-0.25, -0.2) is 0 Å². The monoisotopic (exact) mass is 168 g/mol. The number of hydrogen-bond donors (Lipinski definition) is 1. The van der Waals surface area contributed by atoms with E-state index in [1.54, 1.807) is 6.92 Å². The molecule has 3 aliphatic rings. The Balaban J connectivity index is 1.95. The van der Waals surface area contributed by atoms with E-state index >= 15 is 0 Å². The molecule has 68 valence electrons. The van der Waals surface area contributed by atoms with Crippen LogP contribution in [0, 0.1) is 5.92 Å². The molecule has 3 heterocycles. The number of piperidine rings is 3. The van der Waals surface area contributed by atoms with Gasteiger partial charge >= 0.3 is 0 Å². The lowest BCUT2D eigenvalue weighted by Crippen LogP contribution is -2.56. The summed E-state index contributed by atoms with van der Waals surface area (Å²) in [4.78, 5) is 13.3. The van der Waals surface area contributed by atoms with Crippen molar-refractivity contribution in [2.24, 2.45) is 5.92 Å². The average molecular weight is 168 g/mol. The zero-order chi connectivity index (χ0) is 8.55. The maximum atomic E-state index is 10.9. The first-order chi connectivity index (χ1) is 5.75. The Kier molecular flexibility index (Phi) is 2.05. The predicted molar refractivity (Wildman–Crippen MR) is 46.8 cm³/mol. The van der Waals surface area contributed by atoms with Crippen LogP contribution in [0.2, 0.25) is 0 Å². The minimum atomic E-state index is 0.119. The highest BCUT2D eigenvalue weighted by molar-refractivity contribution is 5.73. The van der Waals surface area contributed by atoms with Crippen molar-refractivity contribution < 1.29 is 4.79 Å². The fourth-order valence-corrected chi connectivity index (χ4v) is 2.39. The minimum absolute atomic E-state index is 0.119. The molecular formula is C9H16N2O. The Morgan fingerprint density at radius 2 is 2.08 bits per heavy atom. The number of nitrogens with zero attached hydrogens (tertiary/aromatic N) is 1. The Morgan fingerprint density at radius 3 is 2.50 bits per heavy atom. The molecule has 0 aliphatic carbocycles. The summed E-state index contributed by atoms with van der Waals surface area (Å²) in [5.41, 5.74) is 0. The average Bonchev–Trinajstić information content (AvgIpc) is 2.05. The van der Waals surface area contributed by atoms with E-state index < -0.39 is 0 Å². The Hall–Kier alpha value is -0.570. The lowest BCUT2D eigenvalue weighted by Gasteiger charge is -2.44. The van der Waals surface area contributed by atoms with Crippen LogP contribution in [0.4, 0.5) is 0 Å². The van der Waals surface area contributed by atoms with Crippen LogP contribution in [-0.2, 0) is 4.79 Å². The molecule has 3 aliphatic heterocycles. The zero-order valence-corrected chi connectivity index (χ0v) is 7.55. The maximum Gasteiger partial charge on any atom is 0.217 e. The number of carbonyl (C=O) groups is 1. The van der Waals surface area contributed by atoms with Gasteiger partial charge in [0.15, 0.2) is 0 Å². The molecule has 3 fully saturated rings. The van der Waals surface area contributed by atoms with Gasteiger partial charge in [0, 0.05) is 19.5 Å². The van der Waals surface area contributed by atoms with Crippen LogP contribution in [0.15, 0.2) is 0 Å². The summed E-state index contributed by atoms with van der Waals surface area (Å²) in [6.45, 7) is 5.16. The molecule has 0 aromatic rings. The molecule has 0 spiro atoms. The van der Waals surface area contributed by atoms with Gasteiger partial charge in [-0.1, -0.05) is 0 Å². The number of carbonyl (C=O) groups excluding carboxylic acids is 1. The van der Waals surface area contributed by atoms with Gasteiger partial charge in [-0.3, -0.25) is 4.79 Å². The smallest absolute Gasteiger partial charge is 0.217 e. The predicted octanol–water partition coefficient (Wildman–Crippen LogP) is 0.217. The van der Waals surface area contributed by atoms with E-state index in [1.165, 1.54) is 25.9 Å². The van der Waals surface area contributed by atoms with E-state index in [0.29, 0.717) is 6.04 Å². The van der Waals surface area contributed by atoms with E-state index in [0.717, 1.165) is 12.5 Å². The Labute approximate surface area is 73.1 Å². The maximum absolute atomic E-state index is 10.9. The van der Waals surface area contributed by atoms with Crippen molar-refractivity contribution in [3.8, 4) is 0 Å². The van der Waals surface area contributed by atoms with E-state index in [4.69, 9.17) is 0 Å². The summed E-state index contributed by atoms with van der Waals surface area (Å²) < 4.78 is 0. The van der Waals surface area contributed by atoms with Gasteiger partial charge in [0.25, 0.3) is 0 Å². The first-order valence-corrected chi connectivity index (χ1v) is 4.75. The SMILES string of the molecule is CC(=O)N[C@H]1CN2CCC1CC2. The van der Waals surface area contributed by atoms with Crippen molar-refractivity contribution in [2.45, 2.75) is 25.8 Å². The summed E-state index contributed by atoms with van der Waals surface area (Å²) >= 11 is 0. The van der Waals surface area contributed by atoms with Crippen molar-refractivity contribution in [2.75, 3.05) is 19.6 Å². The lowest BCUT2D eigenvalue weighted by atomic mass is 9.84. The van der Waals surface area contributed by atoms with Gasteiger partial charge < -0.3 is 10.2 Å². The van der Waals surface area contributed by atoms with Crippen molar-refractivity contribution in [1.82, 2.24) is 10.2 Å². The standard InChI is InChI=1S/C9H16N2O/c1-7(12)10-9-6-11-4-2-8(9)3-5-11/h8-9H,2-6H2,1H3,(H,10,12)/t9-/m0/s1. The molecule has 3 heteroatoms. The quantitative estimate of drug-likeness (QED) is 0.607. The van der Waals surface area contributed by atoms with E-state index in [1.807, 2.05) is 0 Å². The summed E-state index contributed by atoms with van der Waals surface area (Å²) in [6, 6.07) is 0.435. The molecule has 1 atom stereocenters. The highest BCUT2D eigenvalue weighted by Crippen LogP contribution is 2.27. The van der Waals surface area contributed by atoms with Crippen molar-refractivity contribution >= 4 is 5.91 Å². The molecule has 0 aromatic carbocycles. The molecule has 12 heavy (non-hydrogen) atoms. The minimum Gasteiger partial charge on any atom is -0.352 e. The number of amides is 1.